The van der Waals surface area contributed by atoms with Gasteiger partial charge in [0.25, 0.3) is 0 Å². The molecule has 2 nitrogen and oxygen atoms in total. The minimum atomic E-state index is 0.672. The van der Waals surface area contributed by atoms with Crippen LogP contribution in [-0.2, 0) is 12.8 Å². The normalized spacial score (nSPS) is 9.80. The van der Waals surface area contributed by atoms with Gasteiger partial charge in [-0.3, -0.25) is 0 Å². The molecule has 1 aromatic rings. The standard InChI is InChI=1S/C12H18N2S/c1-4-9-7-6-8-10(5-2)11(9)14-12(15)13-3/h6-8H,4-5H2,1-3H3,(H2,13,14,15). The molecule has 0 unspecified atom stereocenters. The molecule has 0 aliphatic carbocycles. The summed E-state index contributed by atoms with van der Waals surface area (Å²) in [5.74, 6) is 0. The fraction of sp³-hybridized carbons (Fsp3) is 0.417. The van der Waals surface area contributed by atoms with E-state index in [1.54, 1.807) is 0 Å². The number of rotatable bonds is 3. The molecule has 1 aromatic carbocycles. The Hall–Kier alpha value is -1.09. The van der Waals surface area contributed by atoms with E-state index in [4.69, 9.17) is 12.2 Å². The average molecular weight is 222 g/mol. The summed E-state index contributed by atoms with van der Waals surface area (Å²) in [6.07, 6.45) is 2.03. The van der Waals surface area contributed by atoms with Crippen LogP contribution >= 0.6 is 12.2 Å². The molecule has 0 radical (unpaired) electrons. The van der Waals surface area contributed by atoms with Crippen LogP contribution in [0.5, 0.6) is 0 Å². The number of aryl methyl sites for hydroxylation is 2. The van der Waals surface area contributed by atoms with Crippen LogP contribution < -0.4 is 10.6 Å². The van der Waals surface area contributed by atoms with Gasteiger partial charge < -0.3 is 10.6 Å². The molecule has 0 saturated heterocycles. The van der Waals surface area contributed by atoms with E-state index in [0.717, 1.165) is 12.8 Å². The van der Waals surface area contributed by atoms with Gasteiger partial charge in [0.2, 0.25) is 0 Å². The largest absolute Gasteiger partial charge is 0.366 e. The quantitative estimate of drug-likeness (QED) is 0.769. The van der Waals surface area contributed by atoms with Gasteiger partial charge in [0, 0.05) is 12.7 Å². The highest BCUT2D eigenvalue weighted by Crippen LogP contribution is 2.22. The second kappa shape index (κ2) is 5.71. The topological polar surface area (TPSA) is 24.1 Å². The van der Waals surface area contributed by atoms with Crippen molar-refractivity contribution in [2.75, 3.05) is 12.4 Å². The number of para-hydroxylation sites is 1. The van der Waals surface area contributed by atoms with Crippen LogP contribution in [0.15, 0.2) is 18.2 Å². The number of hydrogen-bond donors (Lipinski definition) is 2. The Kier molecular flexibility index (Phi) is 4.56. The average Bonchev–Trinajstić information content (AvgIpc) is 2.29. The Morgan fingerprint density at radius 2 is 1.73 bits per heavy atom. The van der Waals surface area contributed by atoms with E-state index in [1.807, 2.05) is 7.05 Å². The molecule has 15 heavy (non-hydrogen) atoms. The van der Waals surface area contributed by atoms with Gasteiger partial charge in [-0.2, -0.15) is 0 Å². The first-order chi connectivity index (χ1) is 7.22. The maximum absolute atomic E-state index is 5.13. The second-order valence-electron chi connectivity index (χ2n) is 3.36. The molecule has 0 atom stereocenters. The van der Waals surface area contributed by atoms with Crippen molar-refractivity contribution in [3.8, 4) is 0 Å². The highest BCUT2D eigenvalue weighted by molar-refractivity contribution is 7.80. The predicted octanol–water partition coefficient (Wildman–Crippen LogP) is 2.73. The first-order valence-electron chi connectivity index (χ1n) is 5.32. The van der Waals surface area contributed by atoms with E-state index in [1.165, 1.54) is 16.8 Å². The van der Waals surface area contributed by atoms with Gasteiger partial charge in [0.15, 0.2) is 5.11 Å². The molecule has 0 bridgehead atoms. The SMILES string of the molecule is CCc1cccc(CC)c1NC(=S)NC. The number of nitrogens with one attached hydrogen (secondary N) is 2. The highest BCUT2D eigenvalue weighted by atomic mass is 32.1. The maximum Gasteiger partial charge on any atom is 0.170 e. The lowest BCUT2D eigenvalue weighted by Crippen LogP contribution is -2.25. The molecule has 82 valence electrons. The van der Waals surface area contributed by atoms with Gasteiger partial charge in [-0.15, -0.1) is 0 Å². The molecule has 3 heteroatoms. The minimum Gasteiger partial charge on any atom is -0.366 e. The number of anilines is 1. The van der Waals surface area contributed by atoms with Crippen LogP contribution in [0.2, 0.25) is 0 Å². The van der Waals surface area contributed by atoms with Crippen molar-refractivity contribution in [2.24, 2.45) is 0 Å². The molecule has 0 aliphatic heterocycles. The van der Waals surface area contributed by atoms with Crippen molar-refractivity contribution in [1.29, 1.82) is 0 Å². The van der Waals surface area contributed by atoms with E-state index >= 15 is 0 Å². The van der Waals surface area contributed by atoms with E-state index in [-0.39, 0.29) is 0 Å². The van der Waals surface area contributed by atoms with Crippen LogP contribution in [0.1, 0.15) is 25.0 Å². The third kappa shape index (κ3) is 2.93. The summed E-state index contributed by atoms with van der Waals surface area (Å²) < 4.78 is 0. The zero-order chi connectivity index (χ0) is 11.3. The minimum absolute atomic E-state index is 0.672. The Balaban J connectivity index is 3.05. The van der Waals surface area contributed by atoms with Gasteiger partial charge >= 0.3 is 0 Å². The maximum atomic E-state index is 5.13. The smallest absolute Gasteiger partial charge is 0.170 e. The zero-order valence-electron chi connectivity index (χ0n) is 9.55. The molecule has 1 rings (SSSR count). The molecule has 0 aromatic heterocycles. The summed E-state index contributed by atoms with van der Waals surface area (Å²) in [7, 11) is 1.83. The molecule has 0 heterocycles. The second-order valence-corrected chi connectivity index (χ2v) is 3.77. The van der Waals surface area contributed by atoms with Gasteiger partial charge in [-0.1, -0.05) is 32.0 Å². The summed E-state index contributed by atoms with van der Waals surface area (Å²) >= 11 is 5.13. The van der Waals surface area contributed by atoms with Crippen molar-refractivity contribution in [2.45, 2.75) is 26.7 Å². The molecule has 0 fully saturated rings. The molecular formula is C12H18N2S. The summed E-state index contributed by atoms with van der Waals surface area (Å²) in [5, 5.41) is 6.86. The van der Waals surface area contributed by atoms with E-state index in [2.05, 4.69) is 42.7 Å². The summed E-state index contributed by atoms with van der Waals surface area (Å²) in [6, 6.07) is 6.38. The van der Waals surface area contributed by atoms with Crippen molar-refractivity contribution in [3.05, 3.63) is 29.3 Å². The van der Waals surface area contributed by atoms with E-state index in [0.29, 0.717) is 5.11 Å². The lowest BCUT2D eigenvalue weighted by Gasteiger charge is -2.15. The Morgan fingerprint density at radius 3 is 2.13 bits per heavy atom. The molecular weight excluding hydrogens is 204 g/mol. The van der Waals surface area contributed by atoms with Gasteiger partial charge in [-0.05, 0) is 36.2 Å². The third-order valence-electron chi connectivity index (χ3n) is 2.46. The molecule has 0 spiro atoms. The van der Waals surface area contributed by atoms with Crippen molar-refractivity contribution in [3.63, 3.8) is 0 Å². The monoisotopic (exact) mass is 222 g/mol. The van der Waals surface area contributed by atoms with Crippen LogP contribution in [0.25, 0.3) is 0 Å². The predicted molar refractivity (Wildman–Crippen MR) is 70.5 cm³/mol. The number of hydrogen-bond acceptors (Lipinski definition) is 1. The zero-order valence-corrected chi connectivity index (χ0v) is 10.4. The van der Waals surface area contributed by atoms with Crippen LogP contribution in [0.3, 0.4) is 0 Å². The van der Waals surface area contributed by atoms with Gasteiger partial charge in [-0.25, -0.2) is 0 Å². The highest BCUT2D eigenvalue weighted by Gasteiger charge is 2.06. The first-order valence-corrected chi connectivity index (χ1v) is 5.73. The third-order valence-corrected chi connectivity index (χ3v) is 2.77. The Labute approximate surface area is 97.1 Å². The van der Waals surface area contributed by atoms with Crippen molar-refractivity contribution < 1.29 is 0 Å². The van der Waals surface area contributed by atoms with Crippen molar-refractivity contribution in [1.82, 2.24) is 5.32 Å². The molecule has 0 saturated carbocycles. The molecule has 0 aliphatic rings. The van der Waals surface area contributed by atoms with Crippen LogP contribution in [-0.4, -0.2) is 12.2 Å². The molecule has 2 N–H and O–H groups in total. The number of benzene rings is 1. The fourth-order valence-electron chi connectivity index (χ4n) is 1.58. The van der Waals surface area contributed by atoms with E-state index in [9.17, 15) is 0 Å². The summed E-state index contributed by atoms with van der Waals surface area (Å²) in [5.41, 5.74) is 3.79. The lowest BCUT2D eigenvalue weighted by molar-refractivity contribution is 1.09. The molecule has 0 amide bonds. The van der Waals surface area contributed by atoms with Crippen LogP contribution in [0, 0.1) is 0 Å². The first kappa shape index (κ1) is 12.0. The van der Waals surface area contributed by atoms with Gasteiger partial charge in [0.05, 0.1) is 0 Å². The van der Waals surface area contributed by atoms with E-state index < -0.39 is 0 Å². The summed E-state index contributed by atoms with van der Waals surface area (Å²) in [6.45, 7) is 4.31. The Bertz CT molecular complexity index is 325. The van der Waals surface area contributed by atoms with Crippen molar-refractivity contribution >= 4 is 23.0 Å². The lowest BCUT2D eigenvalue weighted by atomic mass is 10.0. The fourth-order valence-corrected chi connectivity index (χ4v) is 1.68. The van der Waals surface area contributed by atoms with Crippen LogP contribution in [0.4, 0.5) is 5.69 Å². The summed E-state index contributed by atoms with van der Waals surface area (Å²) in [4.78, 5) is 0. The van der Waals surface area contributed by atoms with Gasteiger partial charge in [0.1, 0.15) is 0 Å². The Morgan fingerprint density at radius 1 is 1.20 bits per heavy atom. The number of thiocarbonyl (C=S) groups is 1.